The van der Waals surface area contributed by atoms with Crippen molar-refractivity contribution in [3.63, 3.8) is 0 Å². The number of hydrogen-bond acceptors (Lipinski definition) is 1. The average molecular weight is 123 g/mol. The van der Waals surface area contributed by atoms with Crippen molar-refractivity contribution in [2.24, 2.45) is 0 Å². The van der Waals surface area contributed by atoms with Gasteiger partial charge in [-0.15, -0.1) is 0 Å². The first-order valence-electron chi connectivity index (χ1n) is 2.46. The Morgan fingerprint density at radius 2 is 2.12 bits per heavy atom. The average Bonchev–Trinajstić information content (AvgIpc) is 1.66. The summed E-state index contributed by atoms with van der Waals surface area (Å²) in [6, 6.07) is 0. The van der Waals surface area contributed by atoms with Gasteiger partial charge in [0.15, 0.2) is 0 Å². The summed E-state index contributed by atoms with van der Waals surface area (Å²) in [5, 5.41) is 0. The highest BCUT2D eigenvalue weighted by Crippen LogP contribution is 1.96. The molecule has 3 heteroatoms. The van der Waals surface area contributed by atoms with E-state index >= 15 is 0 Å². The lowest BCUT2D eigenvalue weighted by Gasteiger charge is -1.97. The molecule has 0 N–H and O–H groups in total. The first-order chi connectivity index (χ1) is 3.77. The molecule has 0 unspecified atom stereocenters. The van der Waals surface area contributed by atoms with Crippen LogP contribution in [0.5, 0.6) is 0 Å². The number of halogens is 2. The fourth-order valence-corrected chi connectivity index (χ4v) is 0.274. The summed E-state index contributed by atoms with van der Waals surface area (Å²) >= 11 is 0. The molecule has 0 aromatic heterocycles. The molecule has 0 atom stereocenters. The van der Waals surface area contributed by atoms with E-state index < -0.39 is 6.61 Å². The molecule has 0 fully saturated rings. The van der Waals surface area contributed by atoms with Gasteiger partial charge in [-0.25, -0.2) is 0 Å². The van der Waals surface area contributed by atoms with Crippen molar-refractivity contribution in [3.05, 3.63) is 6.92 Å². The van der Waals surface area contributed by atoms with Crippen LogP contribution in [-0.2, 0) is 4.74 Å². The molecule has 1 radical (unpaired) electrons. The SMILES string of the molecule is [CH2]CCCOC(F)F. The van der Waals surface area contributed by atoms with Gasteiger partial charge in [0.1, 0.15) is 0 Å². The molecule has 0 saturated carbocycles. The van der Waals surface area contributed by atoms with Crippen molar-refractivity contribution in [1.82, 2.24) is 0 Å². The Kier molecular flexibility index (Phi) is 4.85. The summed E-state index contributed by atoms with van der Waals surface area (Å²) in [7, 11) is 0. The van der Waals surface area contributed by atoms with E-state index in [1.54, 1.807) is 0 Å². The zero-order chi connectivity index (χ0) is 6.41. The maximum absolute atomic E-state index is 11.1. The van der Waals surface area contributed by atoms with E-state index in [1.165, 1.54) is 0 Å². The third kappa shape index (κ3) is 5.82. The number of rotatable bonds is 4. The van der Waals surface area contributed by atoms with Gasteiger partial charge >= 0.3 is 6.61 Å². The van der Waals surface area contributed by atoms with Crippen LogP contribution in [0.4, 0.5) is 8.78 Å². The lowest BCUT2D eigenvalue weighted by atomic mass is 10.4. The Labute approximate surface area is 47.6 Å². The van der Waals surface area contributed by atoms with Gasteiger partial charge in [-0.2, -0.15) is 8.78 Å². The molecule has 0 rings (SSSR count). The summed E-state index contributed by atoms with van der Waals surface area (Å²) < 4.78 is 26.1. The summed E-state index contributed by atoms with van der Waals surface area (Å²) in [5.74, 6) is 0. The maximum atomic E-state index is 11.1. The van der Waals surface area contributed by atoms with Crippen molar-refractivity contribution in [2.45, 2.75) is 19.5 Å². The van der Waals surface area contributed by atoms with Crippen molar-refractivity contribution >= 4 is 0 Å². The molecular formula is C5H9F2O. The Bertz CT molecular complexity index is 47.7. The molecule has 0 amide bonds. The summed E-state index contributed by atoms with van der Waals surface area (Å²) in [5.41, 5.74) is 0. The van der Waals surface area contributed by atoms with Crippen LogP contribution in [0.3, 0.4) is 0 Å². The molecule has 8 heavy (non-hydrogen) atoms. The standard InChI is InChI=1S/C5H9F2O/c1-2-3-4-8-5(6)7/h5H,1-4H2. The van der Waals surface area contributed by atoms with Crippen LogP contribution in [-0.4, -0.2) is 13.2 Å². The first-order valence-corrected chi connectivity index (χ1v) is 2.46. The number of ether oxygens (including phenoxy) is 1. The molecule has 1 nitrogen and oxygen atoms in total. The van der Waals surface area contributed by atoms with E-state index in [4.69, 9.17) is 0 Å². The van der Waals surface area contributed by atoms with Crippen molar-refractivity contribution in [3.8, 4) is 0 Å². The van der Waals surface area contributed by atoms with E-state index in [0.29, 0.717) is 12.8 Å². The van der Waals surface area contributed by atoms with Gasteiger partial charge in [0.2, 0.25) is 0 Å². The molecule has 0 heterocycles. The Hall–Kier alpha value is -0.180. The summed E-state index contributed by atoms with van der Waals surface area (Å²) in [4.78, 5) is 0. The minimum absolute atomic E-state index is 0.112. The quantitative estimate of drug-likeness (QED) is 0.518. The third-order valence-corrected chi connectivity index (χ3v) is 0.638. The van der Waals surface area contributed by atoms with Gasteiger partial charge in [0.25, 0.3) is 0 Å². The molecular weight excluding hydrogens is 114 g/mol. The molecule has 0 aliphatic rings. The Balaban J connectivity index is 2.72. The van der Waals surface area contributed by atoms with Crippen LogP contribution in [0.25, 0.3) is 0 Å². The van der Waals surface area contributed by atoms with Gasteiger partial charge in [-0.3, -0.25) is 0 Å². The van der Waals surface area contributed by atoms with Gasteiger partial charge in [-0.05, 0) is 6.42 Å². The molecule has 0 saturated heterocycles. The van der Waals surface area contributed by atoms with Crippen LogP contribution < -0.4 is 0 Å². The molecule has 0 aliphatic carbocycles. The first kappa shape index (κ1) is 7.82. The van der Waals surface area contributed by atoms with Crippen LogP contribution >= 0.6 is 0 Å². The minimum Gasteiger partial charge on any atom is -0.323 e. The number of unbranched alkanes of at least 4 members (excludes halogenated alkanes) is 1. The predicted octanol–water partition coefficient (Wildman–Crippen LogP) is 1.84. The van der Waals surface area contributed by atoms with Crippen LogP contribution in [0.15, 0.2) is 0 Å². The van der Waals surface area contributed by atoms with E-state index in [0.717, 1.165) is 0 Å². The van der Waals surface area contributed by atoms with Crippen molar-refractivity contribution < 1.29 is 13.5 Å². The fourth-order valence-electron chi connectivity index (χ4n) is 0.274. The monoisotopic (exact) mass is 123 g/mol. The van der Waals surface area contributed by atoms with E-state index in [2.05, 4.69) is 11.7 Å². The lowest BCUT2D eigenvalue weighted by Crippen LogP contribution is -1.99. The molecule has 0 aromatic carbocycles. The predicted molar refractivity (Wildman–Crippen MR) is 26.5 cm³/mol. The summed E-state index contributed by atoms with van der Waals surface area (Å²) in [6.45, 7) is 0.946. The van der Waals surface area contributed by atoms with Crippen LogP contribution in [0.1, 0.15) is 12.8 Å². The minimum atomic E-state index is -2.62. The van der Waals surface area contributed by atoms with Crippen molar-refractivity contribution in [1.29, 1.82) is 0 Å². The molecule has 0 aliphatic heterocycles. The van der Waals surface area contributed by atoms with Gasteiger partial charge in [0, 0.05) is 0 Å². The maximum Gasteiger partial charge on any atom is 0.345 e. The Morgan fingerprint density at radius 1 is 1.50 bits per heavy atom. The zero-order valence-corrected chi connectivity index (χ0v) is 4.57. The summed E-state index contributed by atoms with van der Waals surface area (Å²) in [6.07, 6.45) is 1.25. The molecule has 49 valence electrons. The highest BCUT2D eigenvalue weighted by atomic mass is 19.3. The Morgan fingerprint density at radius 3 is 2.50 bits per heavy atom. The van der Waals surface area contributed by atoms with Crippen LogP contribution in [0.2, 0.25) is 0 Å². The van der Waals surface area contributed by atoms with Crippen molar-refractivity contribution in [2.75, 3.05) is 6.61 Å². The van der Waals surface area contributed by atoms with Gasteiger partial charge in [0.05, 0.1) is 6.61 Å². The second-order valence-electron chi connectivity index (χ2n) is 1.34. The smallest absolute Gasteiger partial charge is 0.323 e. The zero-order valence-electron chi connectivity index (χ0n) is 4.57. The second kappa shape index (κ2) is 4.97. The molecule has 0 spiro atoms. The highest BCUT2D eigenvalue weighted by molar-refractivity contribution is 4.37. The van der Waals surface area contributed by atoms with E-state index in [9.17, 15) is 8.78 Å². The second-order valence-corrected chi connectivity index (χ2v) is 1.34. The topological polar surface area (TPSA) is 9.23 Å². The van der Waals surface area contributed by atoms with Gasteiger partial charge < -0.3 is 4.74 Å². The number of hydrogen-bond donors (Lipinski definition) is 0. The van der Waals surface area contributed by atoms with Crippen LogP contribution in [0, 0.1) is 6.92 Å². The van der Waals surface area contributed by atoms with E-state index in [-0.39, 0.29) is 6.61 Å². The number of alkyl halides is 2. The molecule has 0 aromatic rings. The van der Waals surface area contributed by atoms with Gasteiger partial charge in [-0.1, -0.05) is 13.3 Å². The largest absolute Gasteiger partial charge is 0.345 e. The van der Waals surface area contributed by atoms with E-state index in [1.807, 2.05) is 0 Å². The lowest BCUT2D eigenvalue weighted by molar-refractivity contribution is -0.129. The third-order valence-electron chi connectivity index (χ3n) is 0.638. The highest BCUT2D eigenvalue weighted by Gasteiger charge is 1.97. The molecule has 0 bridgehead atoms. The fraction of sp³-hybridized carbons (Fsp3) is 0.800. The normalized spacial score (nSPS) is 10.5.